The predicted molar refractivity (Wildman–Crippen MR) is 120 cm³/mol. The van der Waals surface area contributed by atoms with Gasteiger partial charge in [0.1, 0.15) is 0 Å². The van der Waals surface area contributed by atoms with E-state index in [9.17, 15) is 4.79 Å². The first-order chi connectivity index (χ1) is 12.2. The number of thioether (sulfide) groups is 1. The average molecular weight is 427 g/mol. The van der Waals surface area contributed by atoms with Crippen molar-refractivity contribution in [2.75, 3.05) is 39.0 Å². The molecule has 1 fully saturated rings. The highest BCUT2D eigenvalue weighted by atomic mass is 35.5. The highest BCUT2D eigenvalue weighted by Crippen LogP contribution is 2.15. The number of benzene rings is 2. The minimum atomic E-state index is 0. The minimum Gasteiger partial charge on any atom is -0.298 e. The molecule has 1 saturated heterocycles. The summed E-state index contributed by atoms with van der Waals surface area (Å²) in [6.07, 6.45) is 2.61. The summed E-state index contributed by atoms with van der Waals surface area (Å²) in [5, 5.41) is 0. The lowest BCUT2D eigenvalue weighted by molar-refractivity contribution is -0.120. The molecule has 0 amide bonds. The van der Waals surface area contributed by atoms with E-state index in [-0.39, 0.29) is 24.8 Å². The van der Waals surface area contributed by atoms with Gasteiger partial charge >= 0.3 is 0 Å². The van der Waals surface area contributed by atoms with Gasteiger partial charge in [-0.15, -0.1) is 36.6 Å². The van der Waals surface area contributed by atoms with Gasteiger partial charge in [-0.05, 0) is 29.5 Å². The molecule has 148 valence electrons. The minimum absolute atomic E-state index is 0. The summed E-state index contributed by atoms with van der Waals surface area (Å²) < 4.78 is 0. The molecule has 0 radical (unpaired) electrons. The number of rotatable bonds is 7. The Morgan fingerprint density at radius 1 is 0.852 bits per heavy atom. The van der Waals surface area contributed by atoms with E-state index in [1.165, 1.54) is 10.5 Å². The molecule has 0 aromatic heterocycles. The lowest BCUT2D eigenvalue weighted by Gasteiger charge is -2.34. The van der Waals surface area contributed by atoms with Gasteiger partial charge < -0.3 is 0 Å². The first-order valence-corrected chi connectivity index (χ1v) is 10.1. The van der Waals surface area contributed by atoms with Crippen molar-refractivity contribution in [3.63, 3.8) is 0 Å². The molecule has 2 aromatic carbocycles. The quantitative estimate of drug-likeness (QED) is 0.619. The number of nitrogens with zero attached hydrogens (tertiary/aromatic N) is 2. The van der Waals surface area contributed by atoms with Crippen LogP contribution in [0, 0.1) is 0 Å². The summed E-state index contributed by atoms with van der Waals surface area (Å²) in [6.45, 7) is 5.59. The maximum Gasteiger partial charge on any atom is 0.151 e. The van der Waals surface area contributed by atoms with Gasteiger partial charge in [0.15, 0.2) is 5.78 Å². The van der Waals surface area contributed by atoms with Crippen molar-refractivity contribution >= 4 is 42.4 Å². The standard InChI is InChI=1S/C21H26N2OS.2ClH/c1-25-21-9-7-18(8-10-21)15-20(24)17-23-13-11-22(12-14-23)16-19-5-3-2-4-6-19;;/h2-10H,11-17H2,1H3;2*1H. The first-order valence-electron chi connectivity index (χ1n) is 8.86. The van der Waals surface area contributed by atoms with Crippen molar-refractivity contribution in [2.45, 2.75) is 17.9 Å². The molecule has 2 aromatic rings. The maximum atomic E-state index is 12.3. The van der Waals surface area contributed by atoms with Gasteiger partial charge in [-0.1, -0.05) is 42.5 Å². The van der Waals surface area contributed by atoms with Gasteiger partial charge in [-0.3, -0.25) is 14.6 Å². The largest absolute Gasteiger partial charge is 0.298 e. The van der Waals surface area contributed by atoms with E-state index >= 15 is 0 Å². The van der Waals surface area contributed by atoms with Crippen molar-refractivity contribution in [2.24, 2.45) is 0 Å². The Bertz CT molecular complexity index is 674. The Labute approximate surface area is 179 Å². The third kappa shape index (κ3) is 7.84. The first kappa shape index (κ1) is 24.0. The number of carbonyl (C=O) groups excluding carboxylic acids is 1. The van der Waals surface area contributed by atoms with Gasteiger partial charge in [0.05, 0.1) is 6.54 Å². The number of Topliss-reactive ketones (excluding diaryl/α,β-unsaturated/α-hetero) is 1. The monoisotopic (exact) mass is 426 g/mol. The smallest absolute Gasteiger partial charge is 0.151 e. The van der Waals surface area contributed by atoms with E-state index in [4.69, 9.17) is 0 Å². The molecule has 3 nitrogen and oxygen atoms in total. The predicted octanol–water partition coefficient (Wildman–Crippen LogP) is 4.18. The van der Waals surface area contributed by atoms with Crippen LogP contribution in [-0.2, 0) is 17.8 Å². The SMILES string of the molecule is CSc1ccc(CC(=O)CN2CCN(Cc3ccccc3)CC2)cc1.Cl.Cl. The molecular weight excluding hydrogens is 399 g/mol. The molecule has 0 saturated carbocycles. The second kappa shape index (κ2) is 12.4. The molecule has 0 bridgehead atoms. The van der Waals surface area contributed by atoms with Crippen LogP contribution in [0.3, 0.4) is 0 Å². The summed E-state index contributed by atoms with van der Waals surface area (Å²) in [7, 11) is 0. The van der Waals surface area contributed by atoms with Crippen LogP contribution < -0.4 is 0 Å². The normalized spacial score (nSPS) is 14.9. The molecular formula is C21H28Cl2N2OS. The number of ketones is 1. The summed E-state index contributed by atoms with van der Waals surface area (Å²) in [4.78, 5) is 18.4. The zero-order valence-corrected chi connectivity index (χ0v) is 18.1. The van der Waals surface area contributed by atoms with E-state index in [0.29, 0.717) is 18.7 Å². The van der Waals surface area contributed by atoms with Gasteiger partial charge in [-0.2, -0.15) is 0 Å². The summed E-state index contributed by atoms with van der Waals surface area (Å²) in [5.41, 5.74) is 2.48. The van der Waals surface area contributed by atoms with Gasteiger partial charge in [0.2, 0.25) is 0 Å². The van der Waals surface area contributed by atoms with Crippen LogP contribution in [0.4, 0.5) is 0 Å². The average Bonchev–Trinajstić information content (AvgIpc) is 2.65. The molecule has 6 heteroatoms. The zero-order chi connectivity index (χ0) is 17.5. The molecule has 1 aliphatic heterocycles. The van der Waals surface area contributed by atoms with Crippen molar-refractivity contribution in [1.82, 2.24) is 9.80 Å². The Balaban J connectivity index is 0.00000182. The third-order valence-electron chi connectivity index (χ3n) is 4.67. The zero-order valence-electron chi connectivity index (χ0n) is 15.7. The Kier molecular flexibility index (Phi) is 11.0. The van der Waals surface area contributed by atoms with Crippen molar-refractivity contribution in [3.05, 3.63) is 65.7 Å². The van der Waals surface area contributed by atoms with Crippen molar-refractivity contribution < 1.29 is 4.79 Å². The van der Waals surface area contributed by atoms with Crippen molar-refractivity contribution in [3.8, 4) is 0 Å². The van der Waals surface area contributed by atoms with Gasteiger partial charge in [0.25, 0.3) is 0 Å². The Hall–Kier alpha value is -1.04. The van der Waals surface area contributed by atoms with Crippen molar-refractivity contribution in [1.29, 1.82) is 0 Å². The fourth-order valence-electron chi connectivity index (χ4n) is 3.22. The van der Waals surface area contributed by atoms with Crippen LogP contribution in [0.1, 0.15) is 11.1 Å². The van der Waals surface area contributed by atoms with E-state index in [0.717, 1.165) is 38.3 Å². The van der Waals surface area contributed by atoms with E-state index in [2.05, 4.69) is 70.7 Å². The van der Waals surface area contributed by atoms with Crippen LogP contribution >= 0.6 is 36.6 Å². The molecule has 0 unspecified atom stereocenters. The third-order valence-corrected chi connectivity index (χ3v) is 5.42. The van der Waals surface area contributed by atoms with E-state index in [1.54, 1.807) is 11.8 Å². The summed E-state index contributed by atoms with van der Waals surface area (Å²) in [6, 6.07) is 18.9. The van der Waals surface area contributed by atoms with Crippen LogP contribution in [0.5, 0.6) is 0 Å². The molecule has 27 heavy (non-hydrogen) atoms. The Morgan fingerprint density at radius 2 is 1.44 bits per heavy atom. The molecule has 3 rings (SSSR count). The molecule has 1 heterocycles. The van der Waals surface area contributed by atoms with E-state index < -0.39 is 0 Å². The maximum absolute atomic E-state index is 12.3. The van der Waals surface area contributed by atoms with Crippen LogP contribution in [-0.4, -0.2) is 54.6 Å². The topological polar surface area (TPSA) is 23.6 Å². The molecule has 1 aliphatic rings. The second-order valence-electron chi connectivity index (χ2n) is 6.60. The van der Waals surface area contributed by atoms with Gasteiger partial charge in [-0.25, -0.2) is 0 Å². The van der Waals surface area contributed by atoms with Gasteiger partial charge in [0, 0.05) is 44.0 Å². The number of halogens is 2. The Morgan fingerprint density at radius 3 is 2.04 bits per heavy atom. The van der Waals surface area contributed by atoms with E-state index in [1.807, 2.05) is 0 Å². The lowest BCUT2D eigenvalue weighted by atomic mass is 10.1. The molecule has 0 N–H and O–H groups in total. The second-order valence-corrected chi connectivity index (χ2v) is 7.48. The van der Waals surface area contributed by atoms with Crippen LogP contribution in [0.15, 0.2) is 59.5 Å². The number of hydrogen-bond donors (Lipinski definition) is 0. The fraction of sp³-hybridized carbons (Fsp3) is 0.381. The highest BCUT2D eigenvalue weighted by Gasteiger charge is 2.19. The lowest BCUT2D eigenvalue weighted by Crippen LogP contribution is -2.47. The van der Waals surface area contributed by atoms with Crippen LogP contribution in [0.2, 0.25) is 0 Å². The number of piperazine rings is 1. The number of carbonyl (C=O) groups is 1. The highest BCUT2D eigenvalue weighted by molar-refractivity contribution is 7.98. The molecule has 0 aliphatic carbocycles. The molecule has 0 atom stereocenters. The summed E-state index contributed by atoms with van der Waals surface area (Å²) >= 11 is 1.73. The fourth-order valence-corrected chi connectivity index (χ4v) is 3.63. The summed E-state index contributed by atoms with van der Waals surface area (Å²) in [5.74, 6) is 0.313. The van der Waals surface area contributed by atoms with Crippen LogP contribution in [0.25, 0.3) is 0 Å². The number of hydrogen-bond acceptors (Lipinski definition) is 4. The molecule has 0 spiro atoms.